The molecule has 3 aliphatic heterocycles. The molecule has 1 spiro atoms. The van der Waals surface area contributed by atoms with E-state index in [4.69, 9.17) is 4.84 Å². The molecule has 2 fully saturated rings. The van der Waals surface area contributed by atoms with Gasteiger partial charge in [0.15, 0.2) is 15.4 Å². The van der Waals surface area contributed by atoms with Crippen molar-refractivity contribution in [1.29, 1.82) is 0 Å². The number of carbonyl (C=O) groups excluding carboxylic acids is 1. The van der Waals surface area contributed by atoms with E-state index in [1.807, 2.05) is 18.2 Å². The van der Waals surface area contributed by atoms with Crippen molar-refractivity contribution in [2.75, 3.05) is 24.6 Å². The number of amides is 1. The van der Waals surface area contributed by atoms with E-state index in [0.29, 0.717) is 25.1 Å². The van der Waals surface area contributed by atoms with Crippen LogP contribution in [0.2, 0.25) is 0 Å². The average Bonchev–Trinajstić information content (AvgIpc) is 3.19. The topological polar surface area (TPSA) is 101 Å². The Balaban J connectivity index is 1.34. The first-order chi connectivity index (χ1) is 12.9. The van der Waals surface area contributed by atoms with Crippen molar-refractivity contribution in [3.63, 3.8) is 0 Å². The van der Waals surface area contributed by atoms with Crippen LogP contribution in [0.1, 0.15) is 31.4 Å². The highest BCUT2D eigenvalue weighted by Gasteiger charge is 2.45. The maximum atomic E-state index is 12.5. The van der Waals surface area contributed by atoms with Crippen molar-refractivity contribution in [2.24, 2.45) is 5.16 Å². The Morgan fingerprint density at radius 1 is 1.41 bits per heavy atom. The molecule has 146 valence electrons. The van der Waals surface area contributed by atoms with Gasteiger partial charge in [0.05, 0.1) is 17.2 Å². The summed E-state index contributed by atoms with van der Waals surface area (Å²) in [6.07, 6.45) is 4.53. The van der Waals surface area contributed by atoms with E-state index < -0.39 is 15.4 Å². The van der Waals surface area contributed by atoms with Crippen LogP contribution in [-0.4, -0.2) is 66.2 Å². The quantitative estimate of drug-likeness (QED) is 0.801. The molecular weight excluding hydrogens is 368 g/mol. The molecule has 1 aromatic heterocycles. The highest BCUT2D eigenvalue weighted by atomic mass is 32.2. The van der Waals surface area contributed by atoms with E-state index in [-0.39, 0.29) is 23.5 Å². The highest BCUT2D eigenvalue weighted by Crippen LogP contribution is 2.34. The lowest BCUT2D eigenvalue weighted by Crippen LogP contribution is -2.49. The molecule has 9 heteroatoms. The molecule has 2 saturated heterocycles. The first-order valence-corrected chi connectivity index (χ1v) is 11.1. The zero-order chi connectivity index (χ0) is 18.9. The number of oxime groups is 1. The van der Waals surface area contributed by atoms with Crippen LogP contribution in [0.25, 0.3) is 0 Å². The van der Waals surface area contributed by atoms with E-state index in [2.05, 4.69) is 20.4 Å². The third-order valence-electron chi connectivity index (χ3n) is 5.40. The van der Waals surface area contributed by atoms with Gasteiger partial charge in [0.1, 0.15) is 5.71 Å². The molecule has 1 amide bonds. The predicted octanol–water partition coefficient (Wildman–Crippen LogP) is 0.496. The minimum atomic E-state index is -3.03. The van der Waals surface area contributed by atoms with Crippen molar-refractivity contribution in [2.45, 2.75) is 43.9 Å². The molecule has 3 aliphatic rings. The Bertz CT molecular complexity index is 842. The van der Waals surface area contributed by atoms with Crippen LogP contribution in [0.15, 0.2) is 29.6 Å². The van der Waals surface area contributed by atoms with Gasteiger partial charge in [-0.2, -0.15) is 0 Å². The molecule has 0 unspecified atom stereocenters. The molecule has 0 aliphatic carbocycles. The van der Waals surface area contributed by atoms with E-state index in [1.165, 1.54) is 0 Å². The molecule has 0 aromatic carbocycles. The van der Waals surface area contributed by atoms with E-state index in [1.54, 1.807) is 6.20 Å². The fraction of sp³-hybridized carbons (Fsp3) is 0.611. The fourth-order valence-electron chi connectivity index (χ4n) is 4.09. The van der Waals surface area contributed by atoms with Gasteiger partial charge in [-0.1, -0.05) is 11.2 Å². The SMILES string of the molecule is O=C(N[C@@H]1CCS(=O)(=O)C1)C1=NO[C@@]2(CCCN(Cc3ccccn3)C2)C1. The number of hydrogen-bond donors (Lipinski definition) is 1. The third kappa shape index (κ3) is 4.30. The monoisotopic (exact) mass is 392 g/mol. The number of sulfone groups is 1. The van der Waals surface area contributed by atoms with Crippen LogP contribution in [0.5, 0.6) is 0 Å². The second-order valence-electron chi connectivity index (χ2n) is 7.70. The Morgan fingerprint density at radius 2 is 2.30 bits per heavy atom. The minimum Gasteiger partial charge on any atom is -0.387 e. The van der Waals surface area contributed by atoms with Crippen molar-refractivity contribution < 1.29 is 18.0 Å². The molecule has 0 saturated carbocycles. The number of rotatable bonds is 4. The van der Waals surface area contributed by atoms with Crippen LogP contribution >= 0.6 is 0 Å². The van der Waals surface area contributed by atoms with Crippen LogP contribution in [0.3, 0.4) is 0 Å². The van der Waals surface area contributed by atoms with Gasteiger partial charge >= 0.3 is 0 Å². The highest BCUT2D eigenvalue weighted by molar-refractivity contribution is 7.91. The number of hydrogen-bond acceptors (Lipinski definition) is 7. The lowest BCUT2D eigenvalue weighted by Gasteiger charge is -2.38. The summed E-state index contributed by atoms with van der Waals surface area (Å²) in [6, 6.07) is 5.55. The zero-order valence-electron chi connectivity index (χ0n) is 15.1. The van der Waals surface area contributed by atoms with Gasteiger partial charge < -0.3 is 10.2 Å². The van der Waals surface area contributed by atoms with E-state index in [0.717, 1.165) is 31.6 Å². The second-order valence-corrected chi connectivity index (χ2v) is 9.93. The average molecular weight is 392 g/mol. The molecule has 1 aromatic rings. The maximum Gasteiger partial charge on any atom is 0.269 e. The van der Waals surface area contributed by atoms with Gasteiger partial charge in [-0.15, -0.1) is 0 Å². The molecule has 2 atom stereocenters. The normalized spacial score (nSPS) is 30.1. The van der Waals surface area contributed by atoms with Gasteiger partial charge in [0.25, 0.3) is 5.91 Å². The smallest absolute Gasteiger partial charge is 0.269 e. The standard InChI is InChI=1S/C18H24N4O4S/c23-17(20-15-5-9-27(24,25)12-15)16-10-18(26-21-16)6-3-8-22(13-18)11-14-4-1-2-7-19-14/h1-2,4,7,15H,3,5-6,8-13H2,(H,20,23)/t15-,18+/m1/s1. The lowest BCUT2D eigenvalue weighted by atomic mass is 9.88. The number of piperidine rings is 1. The molecule has 0 radical (unpaired) electrons. The Labute approximate surface area is 158 Å². The van der Waals surface area contributed by atoms with Crippen LogP contribution in [0, 0.1) is 0 Å². The van der Waals surface area contributed by atoms with Gasteiger partial charge in [-0.3, -0.25) is 14.7 Å². The van der Waals surface area contributed by atoms with Crippen LogP contribution in [0.4, 0.5) is 0 Å². The Kier molecular flexibility index (Phi) is 4.90. The number of carbonyl (C=O) groups is 1. The third-order valence-corrected chi connectivity index (χ3v) is 7.17. The van der Waals surface area contributed by atoms with Crippen molar-refractivity contribution in [1.82, 2.24) is 15.2 Å². The number of pyridine rings is 1. The van der Waals surface area contributed by atoms with Crippen molar-refractivity contribution in [3.05, 3.63) is 30.1 Å². The van der Waals surface area contributed by atoms with Gasteiger partial charge in [-0.25, -0.2) is 8.42 Å². The van der Waals surface area contributed by atoms with Crippen molar-refractivity contribution >= 4 is 21.5 Å². The maximum absolute atomic E-state index is 12.5. The predicted molar refractivity (Wildman–Crippen MR) is 99.8 cm³/mol. The number of likely N-dealkylation sites (tertiary alicyclic amines) is 1. The van der Waals surface area contributed by atoms with Gasteiger partial charge in [0, 0.05) is 31.7 Å². The number of nitrogens with one attached hydrogen (secondary N) is 1. The summed E-state index contributed by atoms with van der Waals surface area (Å²) in [5.41, 5.74) is 0.898. The van der Waals surface area contributed by atoms with Gasteiger partial charge in [0.2, 0.25) is 0 Å². The Morgan fingerprint density at radius 3 is 3.04 bits per heavy atom. The summed E-state index contributed by atoms with van der Waals surface area (Å²) in [6.45, 7) is 2.40. The Hall–Kier alpha value is -2.00. The molecule has 4 rings (SSSR count). The summed E-state index contributed by atoms with van der Waals surface area (Å²) in [7, 11) is -3.03. The second kappa shape index (κ2) is 7.20. The fourth-order valence-corrected chi connectivity index (χ4v) is 5.76. The van der Waals surface area contributed by atoms with Crippen LogP contribution in [-0.2, 0) is 26.0 Å². The molecule has 4 heterocycles. The van der Waals surface area contributed by atoms with Crippen LogP contribution < -0.4 is 5.32 Å². The molecule has 1 N–H and O–H groups in total. The van der Waals surface area contributed by atoms with Crippen molar-refractivity contribution in [3.8, 4) is 0 Å². The largest absolute Gasteiger partial charge is 0.387 e. The number of nitrogens with zero attached hydrogens (tertiary/aromatic N) is 3. The lowest BCUT2D eigenvalue weighted by molar-refractivity contribution is -0.115. The number of aromatic nitrogens is 1. The minimum absolute atomic E-state index is 0.00980. The molecule has 27 heavy (non-hydrogen) atoms. The molecular formula is C18H24N4O4S. The summed E-state index contributed by atoms with van der Waals surface area (Å²) in [5, 5.41) is 6.84. The molecule has 0 bridgehead atoms. The summed E-state index contributed by atoms with van der Waals surface area (Å²) >= 11 is 0. The first-order valence-electron chi connectivity index (χ1n) is 9.32. The summed E-state index contributed by atoms with van der Waals surface area (Å²) < 4.78 is 23.1. The van der Waals surface area contributed by atoms with E-state index >= 15 is 0 Å². The summed E-state index contributed by atoms with van der Waals surface area (Å²) in [5.74, 6) is -0.167. The zero-order valence-corrected chi connectivity index (χ0v) is 16.0. The first kappa shape index (κ1) is 18.4. The summed E-state index contributed by atoms with van der Waals surface area (Å²) in [4.78, 5) is 24.9. The van der Waals surface area contributed by atoms with Gasteiger partial charge in [-0.05, 0) is 37.9 Å². The van der Waals surface area contributed by atoms with E-state index in [9.17, 15) is 13.2 Å². The molecule has 8 nitrogen and oxygen atoms in total.